The first-order chi connectivity index (χ1) is 6.72. The predicted molar refractivity (Wildman–Crippen MR) is 62.7 cm³/mol. The number of halogens is 2. The van der Waals surface area contributed by atoms with E-state index in [2.05, 4.69) is 37.9 Å². The highest BCUT2D eigenvalue weighted by Gasteiger charge is 2.07. The Hall–Kier alpha value is -0.530. The van der Waals surface area contributed by atoms with E-state index in [-0.39, 0.29) is 0 Å². The summed E-state index contributed by atoms with van der Waals surface area (Å²) in [7, 11) is 0. The molecule has 1 rings (SSSR count). The van der Waals surface area contributed by atoms with Crippen LogP contribution < -0.4 is 4.74 Å². The van der Waals surface area contributed by atoms with Crippen molar-refractivity contribution in [3.8, 4) is 11.8 Å². The first kappa shape index (κ1) is 11.5. The van der Waals surface area contributed by atoms with E-state index in [9.17, 15) is 0 Å². The quantitative estimate of drug-likeness (QED) is 0.797. The molecular formula is C10H9Br2NO. The van der Waals surface area contributed by atoms with Crippen LogP contribution in [0, 0.1) is 11.3 Å². The van der Waals surface area contributed by atoms with Crippen molar-refractivity contribution in [3.63, 3.8) is 0 Å². The van der Waals surface area contributed by atoms with Crippen LogP contribution in [-0.4, -0.2) is 6.61 Å². The summed E-state index contributed by atoms with van der Waals surface area (Å²) in [4.78, 5) is 0. The van der Waals surface area contributed by atoms with E-state index in [0.717, 1.165) is 15.4 Å². The van der Waals surface area contributed by atoms with Gasteiger partial charge >= 0.3 is 0 Å². The fourth-order valence-electron chi connectivity index (χ4n) is 1.06. The molecule has 0 N–H and O–H groups in total. The lowest BCUT2D eigenvalue weighted by Crippen LogP contribution is -1.96. The number of rotatable bonds is 3. The van der Waals surface area contributed by atoms with Gasteiger partial charge in [0.2, 0.25) is 0 Å². The van der Waals surface area contributed by atoms with Crippen LogP contribution in [0.4, 0.5) is 0 Å². The standard InChI is InChI=1S/C10H9Br2NO/c1-2-14-10-4-7(5-11)9(12)3-8(10)6-13/h3-4H,2,5H2,1H3. The van der Waals surface area contributed by atoms with Crippen molar-refractivity contribution in [2.24, 2.45) is 0 Å². The lowest BCUT2D eigenvalue weighted by Gasteiger charge is -2.08. The molecule has 14 heavy (non-hydrogen) atoms. The fourth-order valence-corrected chi connectivity index (χ4v) is 2.38. The van der Waals surface area contributed by atoms with Crippen LogP contribution in [-0.2, 0) is 5.33 Å². The minimum Gasteiger partial charge on any atom is -0.492 e. The molecule has 0 atom stereocenters. The van der Waals surface area contributed by atoms with Gasteiger partial charge in [-0.1, -0.05) is 31.9 Å². The molecule has 0 aromatic heterocycles. The van der Waals surface area contributed by atoms with Crippen LogP contribution in [0.2, 0.25) is 0 Å². The molecule has 2 nitrogen and oxygen atoms in total. The molecule has 4 heteroatoms. The lowest BCUT2D eigenvalue weighted by atomic mass is 10.1. The summed E-state index contributed by atoms with van der Waals surface area (Å²) in [6, 6.07) is 5.76. The molecular weight excluding hydrogens is 310 g/mol. The summed E-state index contributed by atoms with van der Waals surface area (Å²) < 4.78 is 6.29. The summed E-state index contributed by atoms with van der Waals surface area (Å²) in [5.41, 5.74) is 1.64. The summed E-state index contributed by atoms with van der Waals surface area (Å²) >= 11 is 6.77. The molecule has 0 saturated carbocycles. The van der Waals surface area contributed by atoms with Crippen molar-refractivity contribution in [1.82, 2.24) is 0 Å². The van der Waals surface area contributed by atoms with Crippen LogP contribution in [0.15, 0.2) is 16.6 Å². The highest BCUT2D eigenvalue weighted by atomic mass is 79.9. The minimum atomic E-state index is 0.559. The van der Waals surface area contributed by atoms with Gasteiger partial charge in [-0.25, -0.2) is 0 Å². The average molecular weight is 319 g/mol. The van der Waals surface area contributed by atoms with Crippen molar-refractivity contribution in [2.45, 2.75) is 12.3 Å². The number of hydrogen-bond donors (Lipinski definition) is 0. The number of ether oxygens (including phenoxy) is 1. The smallest absolute Gasteiger partial charge is 0.137 e. The van der Waals surface area contributed by atoms with E-state index < -0.39 is 0 Å². The largest absolute Gasteiger partial charge is 0.492 e. The monoisotopic (exact) mass is 317 g/mol. The Labute approximate surface area is 100 Å². The molecule has 0 aliphatic carbocycles. The molecule has 0 spiro atoms. The minimum absolute atomic E-state index is 0.559. The number of benzene rings is 1. The van der Waals surface area contributed by atoms with Crippen LogP contribution in [0.25, 0.3) is 0 Å². The van der Waals surface area contributed by atoms with Gasteiger partial charge in [-0.3, -0.25) is 0 Å². The van der Waals surface area contributed by atoms with Crippen molar-refractivity contribution >= 4 is 31.9 Å². The molecule has 1 aromatic carbocycles. The van der Waals surface area contributed by atoms with Crippen LogP contribution in [0.1, 0.15) is 18.1 Å². The van der Waals surface area contributed by atoms with Gasteiger partial charge in [0, 0.05) is 9.80 Å². The van der Waals surface area contributed by atoms with Crippen molar-refractivity contribution in [3.05, 3.63) is 27.7 Å². The Morgan fingerprint density at radius 2 is 2.21 bits per heavy atom. The maximum Gasteiger partial charge on any atom is 0.137 e. The third-order valence-corrected chi connectivity index (χ3v) is 3.06. The topological polar surface area (TPSA) is 33.0 Å². The van der Waals surface area contributed by atoms with Gasteiger partial charge in [0.15, 0.2) is 0 Å². The molecule has 0 unspecified atom stereocenters. The second kappa shape index (κ2) is 5.38. The van der Waals surface area contributed by atoms with E-state index in [1.165, 1.54) is 0 Å². The van der Waals surface area contributed by atoms with Gasteiger partial charge in [-0.2, -0.15) is 5.26 Å². The zero-order valence-corrected chi connectivity index (χ0v) is 10.9. The summed E-state index contributed by atoms with van der Waals surface area (Å²) in [5.74, 6) is 0.646. The molecule has 0 saturated heterocycles. The third-order valence-electron chi connectivity index (χ3n) is 1.71. The predicted octanol–water partition coefficient (Wildman–Crippen LogP) is 3.61. The van der Waals surface area contributed by atoms with Gasteiger partial charge in [0.05, 0.1) is 12.2 Å². The zero-order valence-electron chi connectivity index (χ0n) is 7.68. The van der Waals surface area contributed by atoms with E-state index in [1.54, 1.807) is 6.07 Å². The Balaban J connectivity index is 3.19. The Bertz CT molecular complexity index is 371. The van der Waals surface area contributed by atoms with E-state index >= 15 is 0 Å². The third kappa shape index (κ3) is 2.49. The number of alkyl halides is 1. The van der Waals surface area contributed by atoms with E-state index in [4.69, 9.17) is 10.00 Å². The molecule has 0 amide bonds. The number of hydrogen-bond acceptors (Lipinski definition) is 2. The lowest BCUT2D eigenvalue weighted by molar-refractivity contribution is 0.339. The molecule has 0 bridgehead atoms. The SMILES string of the molecule is CCOc1cc(CBr)c(Br)cc1C#N. The summed E-state index contributed by atoms with van der Waals surface area (Å²) in [6.45, 7) is 2.47. The van der Waals surface area contributed by atoms with Crippen molar-refractivity contribution < 1.29 is 4.74 Å². The normalized spacial score (nSPS) is 9.57. The molecule has 74 valence electrons. The van der Waals surface area contributed by atoms with Gasteiger partial charge in [0.1, 0.15) is 11.8 Å². The van der Waals surface area contributed by atoms with Crippen molar-refractivity contribution in [1.29, 1.82) is 5.26 Å². The molecule has 0 fully saturated rings. The van der Waals surface area contributed by atoms with Crippen LogP contribution in [0.3, 0.4) is 0 Å². The molecule has 0 radical (unpaired) electrons. The molecule has 1 aromatic rings. The average Bonchev–Trinajstić information content (AvgIpc) is 2.20. The Kier molecular flexibility index (Phi) is 4.43. The summed E-state index contributed by atoms with van der Waals surface area (Å²) in [5, 5.41) is 9.61. The Morgan fingerprint density at radius 3 is 2.71 bits per heavy atom. The molecule has 0 aliphatic rings. The highest BCUT2D eigenvalue weighted by molar-refractivity contribution is 9.10. The van der Waals surface area contributed by atoms with Gasteiger partial charge in [-0.05, 0) is 24.6 Å². The maximum absolute atomic E-state index is 8.87. The molecule has 0 heterocycles. The fraction of sp³-hybridized carbons (Fsp3) is 0.300. The van der Waals surface area contributed by atoms with E-state index in [1.807, 2.05) is 13.0 Å². The Morgan fingerprint density at radius 1 is 1.50 bits per heavy atom. The number of nitriles is 1. The van der Waals surface area contributed by atoms with Crippen LogP contribution >= 0.6 is 31.9 Å². The zero-order chi connectivity index (χ0) is 10.6. The second-order valence-electron chi connectivity index (χ2n) is 2.62. The van der Waals surface area contributed by atoms with Gasteiger partial charge < -0.3 is 4.74 Å². The maximum atomic E-state index is 8.87. The first-order valence-corrected chi connectivity index (χ1v) is 6.05. The van der Waals surface area contributed by atoms with E-state index in [0.29, 0.717) is 17.9 Å². The van der Waals surface area contributed by atoms with Crippen molar-refractivity contribution in [2.75, 3.05) is 6.61 Å². The molecule has 0 aliphatic heterocycles. The highest BCUT2D eigenvalue weighted by Crippen LogP contribution is 2.28. The van der Waals surface area contributed by atoms with Gasteiger partial charge in [0.25, 0.3) is 0 Å². The van der Waals surface area contributed by atoms with Gasteiger partial charge in [-0.15, -0.1) is 0 Å². The second-order valence-corrected chi connectivity index (χ2v) is 4.03. The first-order valence-electron chi connectivity index (χ1n) is 4.14. The summed E-state index contributed by atoms with van der Waals surface area (Å²) in [6.07, 6.45) is 0. The number of nitrogens with zero attached hydrogens (tertiary/aromatic N) is 1. The van der Waals surface area contributed by atoms with Crippen LogP contribution in [0.5, 0.6) is 5.75 Å².